The van der Waals surface area contributed by atoms with E-state index >= 15 is 0 Å². The first-order valence-electron chi connectivity index (χ1n) is 7.09. The van der Waals surface area contributed by atoms with Crippen LogP contribution in [0.1, 0.15) is 31.9 Å². The zero-order valence-electron chi connectivity index (χ0n) is 11.9. The van der Waals surface area contributed by atoms with Gasteiger partial charge in [-0.05, 0) is 25.3 Å². The predicted molar refractivity (Wildman–Crippen MR) is 79.9 cm³/mol. The van der Waals surface area contributed by atoms with Crippen molar-refractivity contribution in [2.24, 2.45) is 0 Å². The van der Waals surface area contributed by atoms with Crippen molar-refractivity contribution in [2.75, 3.05) is 13.1 Å². The van der Waals surface area contributed by atoms with E-state index in [0.29, 0.717) is 30.6 Å². The maximum absolute atomic E-state index is 12.5. The van der Waals surface area contributed by atoms with Gasteiger partial charge in [0, 0.05) is 37.6 Å². The summed E-state index contributed by atoms with van der Waals surface area (Å²) in [6.07, 6.45) is 6.42. The lowest BCUT2D eigenvalue weighted by Crippen LogP contribution is -2.31. The fourth-order valence-electron chi connectivity index (χ4n) is 2.06. The summed E-state index contributed by atoms with van der Waals surface area (Å²) >= 11 is 0. The number of hydrogen-bond donors (Lipinski definition) is 2. The van der Waals surface area contributed by atoms with Gasteiger partial charge in [0.2, 0.25) is 10.0 Å². The predicted octanol–water partition coefficient (Wildman–Crippen LogP) is 1.85. The Labute approximate surface area is 121 Å². The summed E-state index contributed by atoms with van der Waals surface area (Å²) in [6.45, 7) is 7.14. The van der Waals surface area contributed by atoms with Crippen LogP contribution in [-0.4, -0.2) is 36.8 Å². The molecule has 20 heavy (non-hydrogen) atoms. The minimum Gasteiger partial charge on any atom is -0.363 e. The molecule has 1 fully saturated rings. The van der Waals surface area contributed by atoms with Gasteiger partial charge in [0.05, 0.1) is 4.90 Å². The third-order valence-electron chi connectivity index (χ3n) is 3.32. The molecule has 0 bridgehead atoms. The molecule has 0 aromatic carbocycles. The molecule has 1 saturated carbocycles. The molecule has 1 aliphatic rings. The molecule has 6 heteroatoms. The Morgan fingerprint density at radius 1 is 1.55 bits per heavy atom. The quantitative estimate of drug-likeness (QED) is 0.684. The minimum absolute atomic E-state index is 0.334. The van der Waals surface area contributed by atoms with Gasteiger partial charge in [-0.25, -0.2) is 8.42 Å². The van der Waals surface area contributed by atoms with Crippen LogP contribution in [0.25, 0.3) is 0 Å². The van der Waals surface area contributed by atoms with Crippen LogP contribution in [-0.2, 0) is 16.6 Å². The van der Waals surface area contributed by atoms with E-state index in [1.807, 2.05) is 6.92 Å². The summed E-state index contributed by atoms with van der Waals surface area (Å²) in [7, 11) is -3.42. The normalized spacial score (nSPS) is 15.7. The average Bonchev–Trinajstić information content (AvgIpc) is 3.12. The minimum atomic E-state index is -3.42. The summed E-state index contributed by atoms with van der Waals surface area (Å²) in [5, 5.41) is 3.36. The number of aromatic nitrogens is 1. The fraction of sp³-hybridized carbons (Fsp3) is 0.571. The summed E-state index contributed by atoms with van der Waals surface area (Å²) in [4.78, 5) is 3.37. The second kappa shape index (κ2) is 6.56. The third-order valence-corrected chi connectivity index (χ3v) is 5.16. The van der Waals surface area contributed by atoms with Gasteiger partial charge in [-0.3, -0.25) is 0 Å². The van der Waals surface area contributed by atoms with Gasteiger partial charge in [-0.15, -0.1) is 6.58 Å². The Balaban J connectivity index is 2.08. The summed E-state index contributed by atoms with van der Waals surface area (Å²) in [6, 6.07) is 2.33. The van der Waals surface area contributed by atoms with Crippen molar-refractivity contribution in [1.82, 2.24) is 14.6 Å². The molecule has 1 aliphatic carbocycles. The second-order valence-electron chi connectivity index (χ2n) is 5.17. The molecule has 0 atom stereocenters. The molecule has 0 saturated heterocycles. The van der Waals surface area contributed by atoms with Crippen LogP contribution in [0, 0.1) is 0 Å². The smallest absolute Gasteiger partial charge is 0.244 e. The van der Waals surface area contributed by atoms with Crippen molar-refractivity contribution in [3.8, 4) is 0 Å². The number of H-pyrrole nitrogens is 1. The molecule has 1 heterocycles. The molecule has 112 valence electrons. The van der Waals surface area contributed by atoms with Crippen LogP contribution < -0.4 is 5.32 Å². The maximum Gasteiger partial charge on any atom is 0.244 e. The topological polar surface area (TPSA) is 65.2 Å². The van der Waals surface area contributed by atoms with Gasteiger partial charge in [-0.2, -0.15) is 4.31 Å². The molecule has 2 N–H and O–H groups in total. The van der Waals surface area contributed by atoms with E-state index in [9.17, 15) is 8.42 Å². The van der Waals surface area contributed by atoms with Crippen molar-refractivity contribution in [2.45, 2.75) is 43.7 Å². The number of rotatable bonds is 9. The maximum atomic E-state index is 12.5. The lowest BCUT2D eigenvalue weighted by molar-refractivity contribution is 0.441. The number of hydrogen-bond acceptors (Lipinski definition) is 3. The van der Waals surface area contributed by atoms with Crippen molar-refractivity contribution in [1.29, 1.82) is 0 Å². The Bertz CT molecular complexity index is 547. The van der Waals surface area contributed by atoms with E-state index < -0.39 is 10.0 Å². The molecule has 5 nitrogen and oxygen atoms in total. The summed E-state index contributed by atoms with van der Waals surface area (Å²) < 4.78 is 26.5. The van der Waals surface area contributed by atoms with Crippen LogP contribution >= 0.6 is 0 Å². The number of nitrogens with one attached hydrogen (secondary N) is 2. The molecule has 0 radical (unpaired) electrons. The highest BCUT2D eigenvalue weighted by molar-refractivity contribution is 7.89. The van der Waals surface area contributed by atoms with Crippen LogP contribution in [0.15, 0.2) is 29.8 Å². The first kappa shape index (κ1) is 15.3. The van der Waals surface area contributed by atoms with Crippen molar-refractivity contribution in [3.63, 3.8) is 0 Å². The molecule has 0 amide bonds. The van der Waals surface area contributed by atoms with E-state index in [1.165, 1.54) is 17.1 Å². The largest absolute Gasteiger partial charge is 0.363 e. The lowest BCUT2D eigenvalue weighted by Gasteiger charge is -2.18. The SMILES string of the molecule is C=CCN(CCC)S(=O)(=O)c1c[nH]c(CNC2CC2)c1. The second-order valence-corrected chi connectivity index (χ2v) is 7.11. The highest BCUT2D eigenvalue weighted by Gasteiger charge is 2.24. The number of aromatic amines is 1. The Kier molecular flexibility index (Phi) is 5.01. The number of nitrogens with zero attached hydrogens (tertiary/aromatic N) is 1. The number of sulfonamides is 1. The first-order valence-corrected chi connectivity index (χ1v) is 8.53. The molecular weight excluding hydrogens is 274 g/mol. The zero-order chi connectivity index (χ0) is 14.6. The van der Waals surface area contributed by atoms with Crippen molar-refractivity contribution >= 4 is 10.0 Å². The van der Waals surface area contributed by atoms with E-state index in [4.69, 9.17) is 0 Å². The molecule has 0 aliphatic heterocycles. The lowest BCUT2D eigenvalue weighted by atomic mass is 10.4. The van der Waals surface area contributed by atoms with E-state index in [1.54, 1.807) is 18.3 Å². The monoisotopic (exact) mass is 297 g/mol. The van der Waals surface area contributed by atoms with E-state index in [2.05, 4.69) is 16.9 Å². The Hall–Kier alpha value is -1.11. The van der Waals surface area contributed by atoms with Gasteiger partial charge in [0.1, 0.15) is 0 Å². The Morgan fingerprint density at radius 3 is 2.90 bits per heavy atom. The molecule has 0 unspecified atom stereocenters. The molecular formula is C14H23N3O2S. The van der Waals surface area contributed by atoms with Gasteiger partial charge >= 0.3 is 0 Å². The molecule has 1 aromatic rings. The Morgan fingerprint density at radius 2 is 2.30 bits per heavy atom. The highest BCUT2D eigenvalue weighted by atomic mass is 32.2. The van der Waals surface area contributed by atoms with Gasteiger partial charge < -0.3 is 10.3 Å². The van der Waals surface area contributed by atoms with E-state index in [-0.39, 0.29) is 0 Å². The van der Waals surface area contributed by atoms with Crippen LogP contribution in [0.3, 0.4) is 0 Å². The van der Waals surface area contributed by atoms with Crippen LogP contribution in [0.2, 0.25) is 0 Å². The van der Waals surface area contributed by atoms with E-state index in [0.717, 1.165) is 12.1 Å². The van der Waals surface area contributed by atoms with Gasteiger partial charge in [0.15, 0.2) is 0 Å². The highest BCUT2D eigenvalue weighted by Crippen LogP contribution is 2.20. The van der Waals surface area contributed by atoms with Crippen LogP contribution in [0.5, 0.6) is 0 Å². The summed E-state index contributed by atoms with van der Waals surface area (Å²) in [5.74, 6) is 0. The zero-order valence-corrected chi connectivity index (χ0v) is 12.7. The standard InChI is InChI=1S/C14H23N3O2S/c1-3-7-17(8-4-2)20(18,19)14-9-13(16-11-14)10-15-12-5-6-12/h3,9,11-12,15-16H,1,4-8,10H2,2H3. The third kappa shape index (κ3) is 3.71. The summed E-state index contributed by atoms with van der Waals surface area (Å²) in [5.41, 5.74) is 0.908. The van der Waals surface area contributed by atoms with Crippen molar-refractivity contribution < 1.29 is 8.42 Å². The van der Waals surface area contributed by atoms with Crippen molar-refractivity contribution in [3.05, 3.63) is 30.6 Å². The molecule has 0 spiro atoms. The average molecular weight is 297 g/mol. The fourth-order valence-corrected chi connectivity index (χ4v) is 3.59. The van der Waals surface area contributed by atoms with Gasteiger partial charge in [-0.1, -0.05) is 13.0 Å². The van der Waals surface area contributed by atoms with Crippen LogP contribution in [0.4, 0.5) is 0 Å². The van der Waals surface area contributed by atoms with Gasteiger partial charge in [0.25, 0.3) is 0 Å². The first-order chi connectivity index (χ1) is 9.57. The molecule has 2 rings (SSSR count). The molecule has 1 aromatic heterocycles.